The molecule has 1 N–H and O–H groups in total. The van der Waals surface area contributed by atoms with E-state index >= 15 is 0 Å². The third kappa shape index (κ3) is 3.29. The number of carbonyl (C=O) groups excluding carboxylic acids is 2. The van der Waals surface area contributed by atoms with Gasteiger partial charge in [-0.3, -0.25) is 9.59 Å². The molecule has 0 fully saturated rings. The van der Waals surface area contributed by atoms with Gasteiger partial charge in [-0.05, 0) is 11.4 Å². The zero-order valence-corrected chi connectivity index (χ0v) is 14.0. The molecule has 0 aromatic carbocycles. The molecule has 122 valence electrons. The summed E-state index contributed by atoms with van der Waals surface area (Å²) in [5.74, 6) is -0.105. The van der Waals surface area contributed by atoms with Crippen molar-refractivity contribution < 1.29 is 9.59 Å². The van der Waals surface area contributed by atoms with Crippen molar-refractivity contribution in [3.63, 3.8) is 0 Å². The molecule has 2 aromatic heterocycles. The van der Waals surface area contributed by atoms with Crippen LogP contribution in [0.2, 0.25) is 0 Å². The highest BCUT2D eigenvalue weighted by Gasteiger charge is 2.32. The van der Waals surface area contributed by atoms with Crippen LogP contribution in [0.3, 0.4) is 0 Å². The minimum absolute atomic E-state index is 0.0634. The molecular weight excluding hydrogens is 312 g/mol. The lowest BCUT2D eigenvalue weighted by molar-refractivity contribution is -0.138. The van der Waals surface area contributed by atoms with Gasteiger partial charge in [0.15, 0.2) is 0 Å². The average molecular weight is 332 g/mol. The average Bonchev–Trinajstić information content (AvgIpc) is 3.21. The van der Waals surface area contributed by atoms with Gasteiger partial charge >= 0.3 is 0 Å². The van der Waals surface area contributed by atoms with E-state index in [9.17, 15) is 9.59 Å². The standard InChI is InChI=1S/C16H20N4O2S/c1-11(2)16(22)19-8-12-6-17-10-20(12)14(9-19)15(21)18-7-13-4-3-5-23-13/h3-6,10-11,14H,7-9H2,1-2H3,(H,18,21). The molecule has 2 amide bonds. The van der Waals surface area contributed by atoms with E-state index in [-0.39, 0.29) is 17.7 Å². The van der Waals surface area contributed by atoms with Gasteiger partial charge in [0, 0.05) is 17.0 Å². The molecule has 6 nitrogen and oxygen atoms in total. The normalized spacial score (nSPS) is 17.2. The van der Waals surface area contributed by atoms with Crippen LogP contribution in [0, 0.1) is 5.92 Å². The topological polar surface area (TPSA) is 67.2 Å². The number of rotatable bonds is 4. The summed E-state index contributed by atoms with van der Waals surface area (Å²) in [6.07, 6.45) is 3.39. The number of hydrogen-bond acceptors (Lipinski definition) is 4. The summed E-state index contributed by atoms with van der Waals surface area (Å²) in [6, 6.07) is 3.52. The maximum Gasteiger partial charge on any atom is 0.245 e. The van der Waals surface area contributed by atoms with Crippen molar-refractivity contribution in [3.05, 3.63) is 40.6 Å². The SMILES string of the molecule is CC(C)C(=O)N1Cc2cncn2C(C(=O)NCc2cccs2)C1. The summed E-state index contributed by atoms with van der Waals surface area (Å²) in [4.78, 5) is 31.9. The lowest BCUT2D eigenvalue weighted by atomic mass is 10.1. The predicted molar refractivity (Wildman–Crippen MR) is 87.7 cm³/mol. The quantitative estimate of drug-likeness (QED) is 0.928. The Morgan fingerprint density at radius 3 is 3.00 bits per heavy atom. The smallest absolute Gasteiger partial charge is 0.245 e. The fraction of sp³-hybridized carbons (Fsp3) is 0.438. The van der Waals surface area contributed by atoms with Crippen LogP contribution in [0.25, 0.3) is 0 Å². The highest BCUT2D eigenvalue weighted by molar-refractivity contribution is 7.09. The van der Waals surface area contributed by atoms with Crippen LogP contribution in [0.5, 0.6) is 0 Å². The first-order valence-corrected chi connectivity index (χ1v) is 8.54. The number of amides is 2. The van der Waals surface area contributed by atoms with Crippen LogP contribution in [0.1, 0.15) is 30.5 Å². The van der Waals surface area contributed by atoms with E-state index in [2.05, 4.69) is 10.3 Å². The van der Waals surface area contributed by atoms with E-state index in [1.165, 1.54) is 0 Å². The second kappa shape index (κ2) is 6.54. The molecule has 1 aliphatic rings. The van der Waals surface area contributed by atoms with Gasteiger partial charge in [0.25, 0.3) is 0 Å². The Hall–Kier alpha value is -2.15. The lowest BCUT2D eigenvalue weighted by Crippen LogP contribution is -2.47. The van der Waals surface area contributed by atoms with Crippen LogP contribution in [0.15, 0.2) is 30.0 Å². The van der Waals surface area contributed by atoms with Gasteiger partial charge in [0.1, 0.15) is 6.04 Å². The molecule has 0 spiro atoms. The number of imidazole rings is 1. The minimum Gasteiger partial charge on any atom is -0.349 e. The first-order chi connectivity index (χ1) is 11.1. The number of nitrogens with zero attached hydrogens (tertiary/aromatic N) is 3. The van der Waals surface area contributed by atoms with Crippen molar-refractivity contribution in [2.24, 2.45) is 5.92 Å². The highest BCUT2D eigenvalue weighted by Crippen LogP contribution is 2.22. The Kier molecular flexibility index (Phi) is 4.47. The number of fused-ring (bicyclic) bond motifs is 1. The Morgan fingerprint density at radius 2 is 2.30 bits per heavy atom. The van der Waals surface area contributed by atoms with Gasteiger partial charge in [-0.2, -0.15) is 0 Å². The Bertz CT molecular complexity index is 693. The monoisotopic (exact) mass is 332 g/mol. The second-order valence-electron chi connectivity index (χ2n) is 5.98. The largest absolute Gasteiger partial charge is 0.349 e. The molecule has 0 saturated carbocycles. The van der Waals surface area contributed by atoms with Gasteiger partial charge in [-0.25, -0.2) is 4.98 Å². The van der Waals surface area contributed by atoms with Crippen LogP contribution < -0.4 is 5.32 Å². The van der Waals surface area contributed by atoms with E-state index in [0.29, 0.717) is 19.6 Å². The summed E-state index contributed by atoms with van der Waals surface area (Å²) in [6.45, 7) is 5.15. The lowest BCUT2D eigenvalue weighted by Gasteiger charge is -2.34. The van der Waals surface area contributed by atoms with Crippen molar-refractivity contribution in [3.8, 4) is 0 Å². The Balaban J connectivity index is 1.74. The van der Waals surface area contributed by atoms with E-state index in [4.69, 9.17) is 0 Å². The van der Waals surface area contributed by atoms with Gasteiger partial charge in [0.05, 0.1) is 31.7 Å². The molecule has 1 atom stereocenters. The van der Waals surface area contributed by atoms with E-state index in [0.717, 1.165) is 10.6 Å². The molecular formula is C16H20N4O2S. The molecule has 7 heteroatoms. The molecule has 3 heterocycles. The van der Waals surface area contributed by atoms with Gasteiger partial charge < -0.3 is 14.8 Å². The maximum atomic E-state index is 12.6. The zero-order chi connectivity index (χ0) is 16.4. The first kappa shape index (κ1) is 15.7. The summed E-state index contributed by atoms with van der Waals surface area (Å²) < 4.78 is 1.87. The van der Waals surface area contributed by atoms with E-state index in [1.54, 1.807) is 28.8 Å². The summed E-state index contributed by atoms with van der Waals surface area (Å²) in [5.41, 5.74) is 0.890. The second-order valence-corrected chi connectivity index (χ2v) is 7.01. The van der Waals surface area contributed by atoms with E-state index < -0.39 is 6.04 Å². The summed E-state index contributed by atoms with van der Waals surface area (Å²) >= 11 is 1.61. The van der Waals surface area contributed by atoms with Crippen molar-refractivity contribution in [1.82, 2.24) is 19.8 Å². The van der Waals surface area contributed by atoms with Crippen LogP contribution in [0.4, 0.5) is 0 Å². The van der Waals surface area contributed by atoms with Crippen molar-refractivity contribution in [1.29, 1.82) is 0 Å². The molecule has 0 bridgehead atoms. The van der Waals surface area contributed by atoms with Crippen molar-refractivity contribution in [2.75, 3.05) is 6.54 Å². The predicted octanol–water partition coefficient (Wildman–Crippen LogP) is 1.80. The fourth-order valence-electron chi connectivity index (χ4n) is 2.74. The molecule has 1 aliphatic heterocycles. The molecule has 3 rings (SSSR count). The number of carbonyl (C=O) groups is 2. The summed E-state index contributed by atoms with van der Waals surface area (Å²) in [7, 11) is 0. The number of nitrogens with one attached hydrogen (secondary N) is 1. The van der Waals surface area contributed by atoms with Crippen LogP contribution >= 0.6 is 11.3 Å². The van der Waals surface area contributed by atoms with E-state index in [1.807, 2.05) is 35.9 Å². The molecule has 0 saturated heterocycles. The van der Waals surface area contributed by atoms with Crippen LogP contribution in [-0.4, -0.2) is 32.8 Å². The van der Waals surface area contributed by atoms with Gasteiger partial charge in [-0.15, -0.1) is 11.3 Å². The maximum absolute atomic E-state index is 12.6. The first-order valence-electron chi connectivity index (χ1n) is 7.66. The van der Waals surface area contributed by atoms with Crippen LogP contribution in [-0.2, 0) is 22.7 Å². The molecule has 0 aliphatic carbocycles. The molecule has 0 radical (unpaired) electrons. The third-order valence-corrected chi connectivity index (χ3v) is 4.83. The summed E-state index contributed by atoms with van der Waals surface area (Å²) in [5, 5.41) is 4.94. The Morgan fingerprint density at radius 1 is 1.48 bits per heavy atom. The third-order valence-electron chi connectivity index (χ3n) is 3.95. The number of aromatic nitrogens is 2. The Labute approximate surface area is 139 Å². The fourth-order valence-corrected chi connectivity index (χ4v) is 3.38. The molecule has 23 heavy (non-hydrogen) atoms. The number of hydrogen-bond donors (Lipinski definition) is 1. The zero-order valence-electron chi connectivity index (χ0n) is 13.2. The van der Waals surface area contributed by atoms with Crippen molar-refractivity contribution in [2.45, 2.75) is 33.0 Å². The minimum atomic E-state index is -0.427. The highest BCUT2D eigenvalue weighted by atomic mass is 32.1. The molecule has 2 aromatic rings. The van der Waals surface area contributed by atoms with Gasteiger partial charge in [-0.1, -0.05) is 19.9 Å². The van der Waals surface area contributed by atoms with Crippen molar-refractivity contribution >= 4 is 23.2 Å². The molecule has 1 unspecified atom stereocenters. The van der Waals surface area contributed by atoms with Gasteiger partial charge in [0.2, 0.25) is 11.8 Å². The number of thiophene rings is 1.